The Kier molecular flexibility index (Phi) is 11.3. The van der Waals surface area contributed by atoms with Gasteiger partial charge in [0.25, 0.3) is 0 Å². The van der Waals surface area contributed by atoms with Crippen molar-refractivity contribution in [3.8, 4) is 5.75 Å². The van der Waals surface area contributed by atoms with E-state index in [1.165, 1.54) is 4.90 Å². The van der Waals surface area contributed by atoms with Crippen LogP contribution in [0, 0.1) is 6.92 Å². The molecule has 41 heavy (non-hydrogen) atoms. The van der Waals surface area contributed by atoms with Gasteiger partial charge in [-0.1, -0.05) is 74.0 Å². The van der Waals surface area contributed by atoms with Crippen LogP contribution in [0.4, 0.5) is 5.69 Å². The molecule has 0 bridgehead atoms. The smallest absolute Gasteiger partial charge is 0.244 e. The van der Waals surface area contributed by atoms with E-state index in [9.17, 15) is 18.0 Å². The fourth-order valence-electron chi connectivity index (χ4n) is 4.31. The van der Waals surface area contributed by atoms with Gasteiger partial charge in [0, 0.05) is 12.6 Å². The molecule has 2 amide bonds. The molecule has 3 aromatic carbocycles. The number of hydrogen-bond acceptors (Lipinski definition) is 5. The van der Waals surface area contributed by atoms with Crippen molar-refractivity contribution < 1.29 is 22.7 Å². The van der Waals surface area contributed by atoms with Gasteiger partial charge < -0.3 is 15.0 Å². The minimum absolute atomic E-state index is 0.0528. The first-order valence-electron chi connectivity index (χ1n) is 13.9. The molecule has 1 N–H and O–H groups in total. The van der Waals surface area contributed by atoms with Gasteiger partial charge in [-0.25, -0.2) is 8.42 Å². The van der Waals surface area contributed by atoms with Crippen LogP contribution < -0.4 is 14.4 Å². The monoisotopic (exact) mass is 579 g/mol. The fraction of sp³-hybridized carbons (Fsp3) is 0.375. The molecule has 0 radical (unpaired) electrons. The minimum Gasteiger partial charge on any atom is -0.489 e. The number of ether oxygens (including phenoxy) is 1. The summed E-state index contributed by atoms with van der Waals surface area (Å²) in [6.07, 6.45) is 2.20. The van der Waals surface area contributed by atoms with Crippen molar-refractivity contribution in [2.24, 2.45) is 0 Å². The van der Waals surface area contributed by atoms with Gasteiger partial charge in [0.1, 0.15) is 24.9 Å². The van der Waals surface area contributed by atoms with Crippen molar-refractivity contribution >= 4 is 27.5 Å². The Morgan fingerprint density at radius 1 is 0.878 bits per heavy atom. The van der Waals surface area contributed by atoms with Crippen molar-refractivity contribution in [2.45, 2.75) is 65.8 Å². The Balaban J connectivity index is 1.85. The maximum absolute atomic E-state index is 13.8. The van der Waals surface area contributed by atoms with Crippen LogP contribution in [0.3, 0.4) is 0 Å². The van der Waals surface area contributed by atoms with Gasteiger partial charge in [0.05, 0.1) is 11.9 Å². The number of carbonyl (C=O) groups is 2. The second kappa shape index (κ2) is 14.7. The Bertz CT molecular complexity index is 1380. The molecular formula is C32H41N3O5S. The molecule has 0 aliphatic rings. The second-order valence-electron chi connectivity index (χ2n) is 10.3. The van der Waals surface area contributed by atoms with E-state index in [4.69, 9.17) is 4.74 Å². The average Bonchev–Trinajstić information content (AvgIpc) is 2.95. The van der Waals surface area contributed by atoms with Gasteiger partial charge in [-0.3, -0.25) is 13.9 Å². The van der Waals surface area contributed by atoms with Gasteiger partial charge in [-0.15, -0.1) is 0 Å². The number of rotatable bonds is 14. The van der Waals surface area contributed by atoms with E-state index < -0.39 is 28.5 Å². The number of sulfonamides is 1. The van der Waals surface area contributed by atoms with Crippen LogP contribution >= 0.6 is 0 Å². The summed E-state index contributed by atoms with van der Waals surface area (Å²) in [4.78, 5) is 28.6. The fourth-order valence-corrected chi connectivity index (χ4v) is 5.16. The van der Waals surface area contributed by atoms with E-state index in [1.54, 1.807) is 24.3 Å². The quantitative estimate of drug-likeness (QED) is 0.288. The zero-order valence-corrected chi connectivity index (χ0v) is 25.4. The Labute approximate surface area is 244 Å². The topological polar surface area (TPSA) is 96.0 Å². The van der Waals surface area contributed by atoms with E-state index in [2.05, 4.69) is 5.32 Å². The van der Waals surface area contributed by atoms with Crippen molar-refractivity contribution in [3.05, 3.63) is 95.6 Å². The molecule has 0 fully saturated rings. The summed E-state index contributed by atoms with van der Waals surface area (Å²) >= 11 is 0. The molecule has 220 valence electrons. The lowest BCUT2D eigenvalue weighted by Crippen LogP contribution is -2.53. The number of aryl methyl sites for hydroxylation is 1. The molecule has 0 unspecified atom stereocenters. The van der Waals surface area contributed by atoms with Gasteiger partial charge >= 0.3 is 0 Å². The Morgan fingerprint density at radius 3 is 2.07 bits per heavy atom. The van der Waals surface area contributed by atoms with Crippen LogP contribution in [0.25, 0.3) is 0 Å². The van der Waals surface area contributed by atoms with Crippen molar-refractivity contribution in [1.82, 2.24) is 10.2 Å². The summed E-state index contributed by atoms with van der Waals surface area (Å²) in [5.41, 5.74) is 3.27. The summed E-state index contributed by atoms with van der Waals surface area (Å²) in [5, 5.41) is 2.98. The summed E-state index contributed by atoms with van der Waals surface area (Å²) < 4.78 is 32.7. The number of anilines is 1. The van der Waals surface area contributed by atoms with Crippen LogP contribution in [0.2, 0.25) is 0 Å². The molecule has 2 atom stereocenters. The van der Waals surface area contributed by atoms with E-state index in [0.29, 0.717) is 24.5 Å². The summed E-state index contributed by atoms with van der Waals surface area (Å²) in [6.45, 7) is 7.82. The largest absolute Gasteiger partial charge is 0.489 e. The normalized spacial score (nSPS) is 12.7. The van der Waals surface area contributed by atoms with Gasteiger partial charge in [-0.05, 0) is 62.1 Å². The van der Waals surface area contributed by atoms with Crippen LogP contribution in [0.15, 0.2) is 78.9 Å². The SMILES string of the molecule is CC[C@@H](C)NC(=O)[C@H](CC)N(Cc1ccc(C)cc1)C(=O)CN(c1ccc(OCc2ccccc2)cc1)S(C)(=O)=O. The van der Waals surface area contributed by atoms with Crippen LogP contribution in [0.1, 0.15) is 50.3 Å². The first-order chi connectivity index (χ1) is 19.5. The number of amides is 2. The third-order valence-electron chi connectivity index (χ3n) is 6.91. The molecule has 0 saturated carbocycles. The van der Waals surface area contributed by atoms with Crippen LogP contribution in [-0.2, 0) is 32.8 Å². The first-order valence-corrected chi connectivity index (χ1v) is 15.8. The molecule has 9 heteroatoms. The predicted molar refractivity (Wildman–Crippen MR) is 163 cm³/mol. The maximum atomic E-state index is 13.8. The Hall–Kier alpha value is -3.85. The predicted octanol–water partition coefficient (Wildman–Crippen LogP) is 5.06. The lowest BCUT2D eigenvalue weighted by atomic mass is 10.1. The summed E-state index contributed by atoms with van der Waals surface area (Å²) in [5.74, 6) is -0.147. The molecule has 0 spiro atoms. The van der Waals surface area contributed by atoms with E-state index in [1.807, 2.05) is 82.3 Å². The molecule has 0 aromatic heterocycles. The Morgan fingerprint density at radius 2 is 1.51 bits per heavy atom. The number of nitrogens with one attached hydrogen (secondary N) is 1. The van der Waals surface area contributed by atoms with Gasteiger partial charge in [-0.2, -0.15) is 0 Å². The minimum atomic E-state index is -3.82. The number of benzene rings is 3. The third kappa shape index (κ3) is 9.35. The lowest BCUT2D eigenvalue weighted by Gasteiger charge is -2.33. The number of carbonyl (C=O) groups excluding carboxylic acids is 2. The molecule has 8 nitrogen and oxygen atoms in total. The number of nitrogens with zero attached hydrogens (tertiary/aromatic N) is 2. The van der Waals surface area contributed by atoms with Crippen LogP contribution in [-0.4, -0.2) is 50.0 Å². The van der Waals surface area contributed by atoms with Gasteiger partial charge in [0.15, 0.2) is 0 Å². The van der Waals surface area contributed by atoms with Gasteiger partial charge in [0.2, 0.25) is 21.8 Å². The second-order valence-corrected chi connectivity index (χ2v) is 12.2. The molecule has 0 heterocycles. The zero-order chi connectivity index (χ0) is 30.0. The van der Waals surface area contributed by atoms with Crippen molar-refractivity contribution in [3.63, 3.8) is 0 Å². The molecule has 0 saturated heterocycles. The lowest BCUT2D eigenvalue weighted by molar-refractivity contribution is -0.140. The zero-order valence-electron chi connectivity index (χ0n) is 24.5. The third-order valence-corrected chi connectivity index (χ3v) is 8.05. The molecule has 0 aliphatic carbocycles. The van der Waals surface area contributed by atoms with E-state index in [-0.39, 0.29) is 18.5 Å². The van der Waals surface area contributed by atoms with Crippen molar-refractivity contribution in [1.29, 1.82) is 0 Å². The highest BCUT2D eigenvalue weighted by Gasteiger charge is 2.32. The highest BCUT2D eigenvalue weighted by Crippen LogP contribution is 2.23. The highest BCUT2D eigenvalue weighted by molar-refractivity contribution is 7.92. The standard InChI is InChI=1S/C32H41N3O5S/c1-6-25(4)33-32(37)30(7-2)34(21-26-15-13-24(3)14-16-26)31(36)22-35(41(5,38)39)28-17-19-29(20-18-28)40-23-27-11-9-8-10-12-27/h8-20,25,30H,6-7,21-23H2,1-5H3,(H,33,37)/t25-,30+/m1/s1. The number of hydrogen-bond donors (Lipinski definition) is 1. The molecule has 3 aromatic rings. The summed E-state index contributed by atoms with van der Waals surface area (Å²) in [7, 11) is -3.82. The van der Waals surface area contributed by atoms with Crippen molar-refractivity contribution in [2.75, 3.05) is 17.1 Å². The average molecular weight is 580 g/mol. The molecule has 0 aliphatic heterocycles. The molecular weight excluding hydrogens is 538 g/mol. The maximum Gasteiger partial charge on any atom is 0.244 e. The van der Waals surface area contributed by atoms with E-state index in [0.717, 1.165) is 33.7 Å². The molecule has 3 rings (SSSR count). The van der Waals surface area contributed by atoms with E-state index >= 15 is 0 Å². The van der Waals surface area contributed by atoms with Crippen LogP contribution in [0.5, 0.6) is 5.75 Å². The highest BCUT2D eigenvalue weighted by atomic mass is 32.2. The summed E-state index contributed by atoms with van der Waals surface area (Å²) in [6, 6.07) is 23.2. The first kappa shape index (κ1) is 31.7.